The maximum absolute atomic E-state index is 4.67. The van der Waals surface area contributed by atoms with Gasteiger partial charge in [0.05, 0.1) is 6.33 Å². The van der Waals surface area contributed by atoms with Gasteiger partial charge in [0.15, 0.2) is 11.5 Å². The molecule has 0 spiro atoms. The molecule has 0 amide bonds. The number of nitrogens with one attached hydrogen (secondary N) is 2. The summed E-state index contributed by atoms with van der Waals surface area (Å²) in [6.45, 7) is 5.15. The number of aromatic amines is 1. The van der Waals surface area contributed by atoms with E-state index in [9.17, 15) is 0 Å². The normalized spacial score (nSPS) is 15.9. The van der Waals surface area contributed by atoms with Crippen LogP contribution in [0.15, 0.2) is 6.33 Å². The first-order chi connectivity index (χ1) is 9.38. The first-order valence-electron chi connectivity index (χ1n) is 7.08. The number of H-pyrrole nitrogens is 1. The Morgan fingerprint density at radius 2 is 2.11 bits per heavy atom. The van der Waals surface area contributed by atoms with Gasteiger partial charge < -0.3 is 15.2 Å². The van der Waals surface area contributed by atoms with E-state index in [0.717, 1.165) is 43.0 Å². The van der Waals surface area contributed by atoms with Crippen molar-refractivity contribution >= 4 is 22.9 Å². The van der Waals surface area contributed by atoms with Gasteiger partial charge >= 0.3 is 0 Å². The fourth-order valence-corrected chi connectivity index (χ4v) is 2.47. The van der Waals surface area contributed by atoms with E-state index in [1.807, 2.05) is 0 Å². The van der Waals surface area contributed by atoms with Gasteiger partial charge in [-0.3, -0.25) is 0 Å². The van der Waals surface area contributed by atoms with Crippen molar-refractivity contribution in [1.29, 1.82) is 0 Å². The second-order valence-corrected chi connectivity index (χ2v) is 4.95. The van der Waals surface area contributed by atoms with E-state index in [2.05, 4.69) is 37.1 Å². The Labute approximate surface area is 112 Å². The Balaban J connectivity index is 1.97. The van der Waals surface area contributed by atoms with Crippen LogP contribution in [0.1, 0.15) is 32.6 Å². The SMILES string of the molecule is CCCNc1nc(N2CCCCC2)c2[nH]cnc2n1. The molecule has 0 radical (unpaired) electrons. The van der Waals surface area contributed by atoms with Crippen molar-refractivity contribution in [2.45, 2.75) is 32.6 Å². The monoisotopic (exact) mass is 260 g/mol. The lowest BCUT2D eigenvalue weighted by molar-refractivity contribution is 0.574. The molecule has 0 aliphatic carbocycles. The zero-order chi connectivity index (χ0) is 13.1. The Hall–Kier alpha value is -1.85. The Kier molecular flexibility index (Phi) is 3.48. The molecule has 0 bridgehead atoms. The van der Waals surface area contributed by atoms with Crippen LogP contribution in [0.5, 0.6) is 0 Å². The third kappa shape index (κ3) is 2.47. The van der Waals surface area contributed by atoms with E-state index >= 15 is 0 Å². The molecule has 2 N–H and O–H groups in total. The van der Waals surface area contributed by atoms with Crippen LogP contribution in [0.4, 0.5) is 11.8 Å². The first kappa shape index (κ1) is 12.2. The van der Waals surface area contributed by atoms with E-state index in [1.54, 1.807) is 6.33 Å². The second-order valence-electron chi connectivity index (χ2n) is 4.95. The summed E-state index contributed by atoms with van der Waals surface area (Å²) < 4.78 is 0. The molecule has 3 rings (SSSR count). The predicted octanol–water partition coefficient (Wildman–Crippen LogP) is 2.17. The minimum atomic E-state index is 0.682. The van der Waals surface area contributed by atoms with Gasteiger partial charge in [-0.2, -0.15) is 9.97 Å². The van der Waals surface area contributed by atoms with Crippen LogP contribution in [0.3, 0.4) is 0 Å². The third-order valence-corrected chi connectivity index (χ3v) is 3.46. The van der Waals surface area contributed by atoms with Crippen molar-refractivity contribution in [3.05, 3.63) is 6.33 Å². The quantitative estimate of drug-likeness (QED) is 0.881. The van der Waals surface area contributed by atoms with Crippen LogP contribution in [0, 0.1) is 0 Å². The Morgan fingerprint density at radius 3 is 2.89 bits per heavy atom. The van der Waals surface area contributed by atoms with Gasteiger partial charge in [-0.25, -0.2) is 4.98 Å². The minimum Gasteiger partial charge on any atom is -0.355 e. The van der Waals surface area contributed by atoms with Crippen molar-refractivity contribution in [1.82, 2.24) is 19.9 Å². The molecule has 1 fully saturated rings. The lowest BCUT2D eigenvalue weighted by Gasteiger charge is -2.28. The summed E-state index contributed by atoms with van der Waals surface area (Å²) in [5.41, 5.74) is 1.69. The van der Waals surface area contributed by atoms with Crippen LogP contribution in [-0.4, -0.2) is 39.6 Å². The highest BCUT2D eigenvalue weighted by Gasteiger charge is 2.18. The highest BCUT2D eigenvalue weighted by molar-refractivity contribution is 5.84. The van der Waals surface area contributed by atoms with Crippen molar-refractivity contribution in [2.24, 2.45) is 0 Å². The molecule has 3 heterocycles. The van der Waals surface area contributed by atoms with Crippen molar-refractivity contribution in [3.8, 4) is 0 Å². The molecule has 19 heavy (non-hydrogen) atoms. The van der Waals surface area contributed by atoms with Crippen molar-refractivity contribution in [2.75, 3.05) is 29.9 Å². The molecule has 2 aromatic rings. The van der Waals surface area contributed by atoms with Gasteiger partial charge in [0, 0.05) is 19.6 Å². The smallest absolute Gasteiger partial charge is 0.226 e. The number of rotatable bonds is 4. The van der Waals surface area contributed by atoms with Crippen LogP contribution in [-0.2, 0) is 0 Å². The van der Waals surface area contributed by atoms with Gasteiger partial charge in [-0.15, -0.1) is 0 Å². The highest BCUT2D eigenvalue weighted by Crippen LogP contribution is 2.25. The second kappa shape index (κ2) is 5.42. The topological polar surface area (TPSA) is 69.7 Å². The van der Waals surface area contributed by atoms with Gasteiger partial charge in [0.2, 0.25) is 5.95 Å². The third-order valence-electron chi connectivity index (χ3n) is 3.46. The number of aromatic nitrogens is 4. The molecule has 1 aliphatic heterocycles. The van der Waals surface area contributed by atoms with E-state index in [-0.39, 0.29) is 0 Å². The summed E-state index contributed by atoms with van der Waals surface area (Å²) >= 11 is 0. The molecule has 2 aromatic heterocycles. The molecule has 1 aliphatic rings. The molecule has 0 atom stereocenters. The van der Waals surface area contributed by atoms with Gasteiger partial charge in [0.1, 0.15) is 5.52 Å². The van der Waals surface area contributed by atoms with Crippen molar-refractivity contribution in [3.63, 3.8) is 0 Å². The molecule has 6 nitrogen and oxygen atoms in total. The highest BCUT2D eigenvalue weighted by atomic mass is 15.2. The summed E-state index contributed by atoms with van der Waals surface area (Å²) in [6.07, 6.45) is 6.53. The summed E-state index contributed by atoms with van der Waals surface area (Å²) in [5.74, 6) is 1.67. The summed E-state index contributed by atoms with van der Waals surface area (Å²) in [5, 5.41) is 3.25. The number of imidazole rings is 1. The van der Waals surface area contributed by atoms with Crippen LogP contribution < -0.4 is 10.2 Å². The number of piperidine rings is 1. The molecule has 0 unspecified atom stereocenters. The molecule has 0 saturated carbocycles. The molecular formula is C13H20N6. The summed E-state index contributed by atoms with van der Waals surface area (Å²) in [7, 11) is 0. The van der Waals surface area contributed by atoms with Crippen LogP contribution >= 0.6 is 0 Å². The van der Waals surface area contributed by atoms with E-state index in [0.29, 0.717) is 5.95 Å². The van der Waals surface area contributed by atoms with Gasteiger partial charge in [-0.1, -0.05) is 6.92 Å². The zero-order valence-corrected chi connectivity index (χ0v) is 11.3. The lowest BCUT2D eigenvalue weighted by Crippen LogP contribution is -2.30. The maximum Gasteiger partial charge on any atom is 0.226 e. The van der Waals surface area contributed by atoms with E-state index in [1.165, 1.54) is 19.3 Å². The fourth-order valence-electron chi connectivity index (χ4n) is 2.47. The number of nitrogens with zero attached hydrogens (tertiary/aromatic N) is 4. The largest absolute Gasteiger partial charge is 0.355 e. The molecule has 1 saturated heterocycles. The average Bonchev–Trinajstić information content (AvgIpc) is 2.93. The number of fused-ring (bicyclic) bond motifs is 1. The standard InChI is InChI=1S/C13H20N6/c1-2-6-14-13-17-11-10(15-9-16-11)12(18-13)19-7-4-3-5-8-19/h9H,2-8H2,1H3,(H2,14,15,16,17,18). The summed E-state index contributed by atoms with van der Waals surface area (Å²) in [4.78, 5) is 18.9. The van der Waals surface area contributed by atoms with Gasteiger partial charge in [0.25, 0.3) is 0 Å². The van der Waals surface area contributed by atoms with Crippen molar-refractivity contribution < 1.29 is 0 Å². The predicted molar refractivity (Wildman–Crippen MR) is 76.5 cm³/mol. The number of hydrogen-bond acceptors (Lipinski definition) is 5. The maximum atomic E-state index is 4.67. The Bertz CT molecular complexity index is 543. The average molecular weight is 260 g/mol. The Morgan fingerprint density at radius 1 is 1.26 bits per heavy atom. The number of anilines is 2. The fraction of sp³-hybridized carbons (Fsp3) is 0.615. The number of hydrogen-bond donors (Lipinski definition) is 2. The molecular weight excluding hydrogens is 240 g/mol. The van der Waals surface area contributed by atoms with Crippen LogP contribution in [0.2, 0.25) is 0 Å². The van der Waals surface area contributed by atoms with Crippen LogP contribution in [0.25, 0.3) is 11.2 Å². The lowest BCUT2D eigenvalue weighted by atomic mass is 10.1. The van der Waals surface area contributed by atoms with E-state index in [4.69, 9.17) is 0 Å². The minimum absolute atomic E-state index is 0.682. The first-order valence-corrected chi connectivity index (χ1v) is 7.08. The zero-order valence-electron chi connectivity index (χ0n) is 11.3. The molecule has 0 aromatic carbocycles. The van der Waals surface area contributed by atoms with Gasteiger partial charge in [-0.05, 0) is 25.7 Å². The van der Waals surface area contributed by atoms with E-state index < -0.39 is 0 Å². The molecule has 102 valence electrons. The molecule has 6 heteroatoms. The summed E-state index contributed by atoms with van der Waals surface area (Å²) in [6, 6.07) is 0.